The molecule has 0 bridgehead atoms. The predicted molar refractivity (Wildman–Crippen MR) is 81.0 cm³/mol. The van der Waals surface area contributed by atoms with Crippen molar-refractivity contribution in [1.29, 1.82) is 0 Å². The molecule has 0 radical (unpaired) electrons. The summed E-state index contributed by atoms with van der Waals surface area (Å²) < 4.78 is 0. The van der Waals surface area contributed by atoms with Gasteiger partial charge in [0, 0.05) is 0 Å². The number of aliphatic hydroxyl groups is 1. The Balaban J connectivity index is 2.19. The molecule has 0 aliphatic carbocycles. The molecule has 2 unspecified atom stereocenters. The van der Waals surface area contributed by atoms with Gasteiger partial charge in [0.2, 0.25) is 0 Å². The molecule has 0 aliphatic heterocycles. The number of hydrogen-bond acceptors (Lipinski definition) is 1. The minimum absolute atomic E-state index is 0.364. The second-order valence-corrected chi connectivity index (χ2v) is 4.86. The Kier molecular flexibility index (Phi) is 4.53. The van der Waals surface area contributed by atoms with Gasteiger partial charge in [-0.05, 0) is 29.5 Å². The van der Waals surface area contributed by atoms with E-state index in [2.05, 4.69) is 43.3 Å². The van der Waals surface area contributed by atoms with E-state index in [1.165, 1.54) is 5.56 Å². The van der Waals surface area contributed by atoms with Crippen LogP contribution >= 0.6 is 0 Å². The van der Waals surface area contributed by atoms with Crippen molar-refractivity contribution in [2.24, 2.45) is 0 Å². The monoisotopic (exact) mass is 252 g/mol. The molecule has 1 nitrogen and oxygen atoms in total. The van der Waals surface area contributed by atoms with Gasteiger partial charge in [0.25, 0.3) is 0 Å². The van der Waals surface area contributed by atoms with Crippen LogP contribution in [0.25, 0.3) is 6.08 Å². The summed E-state index contributed by atoms with van der Waals surface area (Å²) in [5.74, 6) is 0.364. The summed E-state index contributed by atoms with van der Waals surface area (Å²) in [5, 5.41) is 9.75. The smallest absolute Gasteiger partial charge is 0.0767 e. The van der Waals surface area contributed by atoms with Gasteiger partial charge in [0.1, 0.15) is 0 Å². The van der Waals surface area contributed by atoms with Crippen molar-refractivity contribution in [2.45, 2.75) is 25.9 Å². The van der Waals surface area contributed by atoms with E-state index in [0.717, 1.165) is 11.1 Å². The summed E-state index contributed by atoms with van der Waals surface area (Å²) in [4.78, 5) is 0. The minimum Gasteiger partial charge on any atom is -0.389 e. The van der Waals surface area contributed by atoms with E-state index >= 15 is 0 Å². The van der Waals surface area contributed by atoms with Gasteiger partial charge >= 0.3 is 0 Å². The summed E-state index contributed by atoms with van der Waals surface area (Å²) in [5.41, 5.74) is 3.35. The Hall–Kier alpha value is -1.86. The first-order valence-corrected chi connectivity index (χ1v) is 6.68. The van der Waals surface area contributed by atoms with Crippen LogP contribution in [0.4, 0.5) is 0 Å². The first-order valence-electron chi connectivity index (χ1n) is 6.68. The lowest BCUT2D eigenvalue weighted by Crippen LogP contribution is -1.94. The highest BCUT2D eigenvalue weighted by Gasteiger charge is 2.05. The molecule has 98 valence electrons. The van der Waals surface area contributed by atoms with E-state index in [9.17, 15) is 5.11 Å². The first kappa shape index (κ1) is 13.6. The van der Waals surface area contributed by atoms with Crippen molar-refractivity contribution in [3.63, 3.8) is 0 Å². The molecule has 0 aliphatic rings. The van der Waals surface area contributed by atoms with Crippen molar-refractivity contribution >= 4 is 6.08 Å². The summed E-state index contributed by atoms with van der Waals surface area (Å²) in [6, 6.07) is 18.4. The molecule has 2 rings (SSSR count). The van der Waals surface area contributed by atoms with Crippen LogP contribution < -0.4 is 0 Å². The van der Waals surface area contributed by atoms with E-state index in [0.29, 0.717) is 5.92 Å². The summed E-state index contributed by atoms with van der Waals surface area (Å²) >= 11 is 0. The van der Waals surface area contributed by atoms with Crippen molar-refractivity contribution in [3.8, 4) is 0 Å². The van der Waals surface area contributed by atoms with Gasteiger partial charge in [0.15, 0.2) is 0 Å². The fourth-order valence-electron chi connectivity index (χ4n) is 2.16. The van der Waals surface area contributed by atoms with Gasteiger partial charge in [-0.15, -0.1) is 0 Å². The maximum absolute atomic E-state index is 9.75. The standard InChI is InChI=1S/C18H20O/c1-14(16-8-4-3-5-9-16)12-13-17-10-6-7-11-18(17)15(2)19/h3-15,19H,1-2H3/b13-12+. The third-order valence-corrected chi connectivity index (χ3v) is 3.34. The third kappa shape index (κ3) is 3.55. The average molecular weight is 252 g/mol. The van der Waals surface area contributed by atoms with Gasteiger partial charge in [-0.2, -0.15) is 0 Å². The Morgan fingerprint density at radius 2 is 1.53 bits per heavy atom. The average Bonchev–Trinajstić information content (AvgIpc) is 2.46. The summed E-state index contributed by atoms with van der Waals surface area (Å²) in [7, 11) is 0. The zero-order valence-corrected chi connectivity index (χ0v) is 11.5. The Bertz CT molecular complexity index is 541. The number of benzene rings is 2. The normalized spacial score (nSPS) is 14.5. The molecule has 2 aromatic carbocycles. The zero-order chi connectivity index (χ0) is 13.7. The Labute approximate surface area is 115 Å². The van der Waals surface area contributed by atoms with Crippen LogP contribution in [-0.4, -0.2) is 5.11 Å². The van der Waals surface area contributed by atoms with E-state index < -0.39 is 6.10 Å². The lowest BCUT2D eigenvalue weighted by atomic mass is 9.97. The Morgan fingerprint density at radius 3 is 2.21 bits per heavy atom. The van der Waals surface area contributed by atoms with Crippen LogP contribution in [0.3, 0.4) is 0 Å². The molecule has 0 spiro atoms. The molecule has 2 atom stereocenters. The van der Waals surface area contributed by atoms with Gasteiger partial charge in [0.05, 0.1) is 6.10 Å². The number of allylic oxidation sites excluding steroid dienone is 1. The molecule has 0 aromatic heterocycles. The maximum Gasteiger partial charge on any atom is 0.0767 e. The second-order valence-electron chi connectivity index (χ2n) is 4.86. The Morgan fingerprint density at radius 1 is 0.895 bits per heavy atom. The van der Waals surface area contributed by atoms with Crippen LogP contribution in [0.1, 0.15) is 42.6 Å². The zero-order valence-electron chi connectivity index (χ0n) is 11.5. The maximum atomic E-state index is 9.75. The SMILES string of the molecule is CC(O)c1ccccc1/C=C/C(C)c1ccccc1. The van der Waals surface area contributed by atoms with Crippen molar-refractivity contribution in [1.82, 2.24) is 0 Å². The fraction of sp³-hybridized carbons (Fsp3) is 0.222. The quantitative estimate of drug-likeness (QED) is 0.846. The molecular weight excluding hydrogens is 232 g/mol. The van der Waals surface area contributed by atoms with Crippen LogP contribution in [0.5, 0.6) is 0 Å². The largest absolute Gasteiger partial charge is 0.389 e. The van der Waals surface area contributed by atoms with Crippen LogP contribution in [-0.2, 0) is 0 Å². The van der Waals surface area contributed by atoms with Gasteiger partial charge in [-0.25, -0.2) is 0 Å². The van der Waals surface area contributed by atoms with Gasteiger partial charge < -0.3 is 5.11 Å². The predicted octanol–water partition coefficient (Wildman–Crippen LogP) is 4.56. The van der Waals surface area contributed by atoms with E-state index in [4.69, 9.17) is 0 Å². The first-order chi connectivity index (χ1) is 9.18. The topological polar surface area (TPSA) is 20.2 Å². The highest BCUT2D eigenvalue weighted by molar-refractivity contribution is 5.55. The molecule has 2 aromatic rings. The molecule has 0 saturated carbocycles. The van der Waals surface area contributed by atoms with Crippen LogP contribution in [0, 0.1) is 0 Å². The highest BCUT2D eigenvalue weighted by Crippen LogP contribution is 2.22. The van der Waals surface area contributed by atoms with E-state index in [-0.39, 0.29) is 0 Å². The lowest BCUT2D eigenvalue weighted by Gasteiger charge is -2.10. The van der Waals surface area contributed by atoms with Crippen LogP contribution in [0.2, 0.25) is 0 Å². The van der Waals surface area contributed by atoms with Crippen molar-refractivity contribution < 1.29 is 5.11 Å². The van der Waals surface area contributed by atoms with Gasteiger partial charge in [-0.3, -0.25) is 0 Å². The van der Waals surface area contributed by atoms with Crippen molar-refractivity contribution in [2.75, 3.05) is 0 Å². The number of hydrogen-bond donors (Lipinski definition) is 1. The minimum atomic E-state index is -0.437. The lowest BCUT2D eigenvalue weighted by molar-refractivity contribution is 0.199. The molecule has 0 heterocycles. The van der Waals surface area contributed by atoms with Crippen LogP contribution in [0.15, 0.2) is 60.7 Å². The highest BCUT2D eigenvalue weighted by atomic mass is 16.3. The molecule has 0 saturated heterocycles. The van der Waals surface area contributed by atoms with E-state index in [1.807, 2.05) is 30.3 Å². The van der Waals surface area contributed by atoms with Crippen molar-refractivity contribution in [3.05, 3.63) is 77.4 Å². The third-order valence-electron chi connectivity index (χ3n) is 3.34. The molecular formula is C18H20O. The van der Waals surface area contributed by atoms with Gasteiger partial charge in [-0.1, -0.05) is 73.7 Å². The molecule has 1 heteroatoms. The summed E-state index contributed by atoms with van der Waals surface area (Å²) in [6.45, 7) is 3.98. The fourth-order valence-corrected chi connectivity index (χ4v) is 2.16. The molecule has 0 fully saturated rings. The molecule has 1 N–H and O–H groups in total. The summed E-state index contributed by atoms with van der Waals surface area (Å²) in [6.07, 6.45) is 3.84. The second kappa shape index (κ2) is 6.35. The molecule has 19 heavy (non-hydrogen) atoms. The number of rotatable bonds is 4. The number of aliphatic hydroxyl groups excluding tert-OH is 1. The van der Waals surface area contributed by atoms with E-state index in [1.54, 1.807) is 6.92 Å². The molecule has 0 amide bonds.